The molecule has 2 saturated heterocycles. The van der Waals surface area contributed by atoms with Crippen molar-refractivity contribution >= 4 is 23.6 Å². The number of hydrogen-bond acceptors (Lipinski definition) is 6. The number of phenols is 1. The highest BCUT2D eigenvalue weighted by Gasteiger charge is 2.54. The number of phenolic OH excluding ortho intramolecular Hbond substituents is 1. The minimum absolute atomic E-state index is 0.0957. The number of fused-ring (bicyclic) bond motifs is 1. The van der Waals surface area contributed by atoms with Crippen molar-refractivity contribution < 1.29 is 24.3 Å². The number of unbranched alkanes of at least 4 members (excludes halogenated alkanes) is 4. The van der Waals surface area contributed by atoms with Gasteiger partial charge in [-0.2, -0.15) is 0 Å². The largest absolute Gasteiger partial charge is 0.508 e. The van der Waals surface area contributed by atoms with Crippen LogP contribution in [0.5, 0.6) is 5.75 Å². The Morgan fingerprint density at radius 1 is 1.00 bits per heavy atom. The number of amides is 4. The van der Waals surface area contributed by atoms with Gasteiger partial charge >= 0.3 is 0 Å². The fraction of sp³-hybridized carbons (Fsp3) is 0.643. The van der Waals surface area contributed by atoms with Crippen LogP contribution >= 0.6 is 0 Å². The van der Waals surface area contributed by atoms with Gasteiger partial charge < -0.3 is 30.9 Å². The molecular formula is C28H43N5O5. The quantitative estimate of drug-likeness (QED) is 0.271. The summed E-state index contributed by atoms with van der Waals surface area (Å²) in [5.74, 6) is -1.15. The molecule has 10 nitrogen and oxygen atoms in total. The smallest absolute Gasteiger partial charge is 0.246 e. The number of carbonyl (C=O) groups is 4. The van der Waals surface area contributed by atoms with Crippen molar-refractivity contribution in [3.05, 3.63) is 29.8 Å². The van der Waals surface area contributed by atoms with E-state index in [-0.39, 0.29) is 35.8 Å². The van der Waals surface area contributed by atoms with Gasteiger partial charge in [-0.25, -0.2) is 0 Å². The SMILES string of the molecule is CC(=O)NCCCC[C@@H]1NC(=O)[C@H]2C[C@@H](C(=O)NCCCCCCN(C)C)[C@@H](c3ccc(O)cc3)N2C1=O. The molecule has 2 fully saturated rings. The Morgan fingerprint density at radius 3 is 2.34 bits per heavy atom. The number of nitrogens with one attached hydrogen (secondary N) is 3. The van der Waals surface area contributed by atoms with E-state index < -0.39 is 24.0 Å². The molecular weight excluding hydrogens is 486 g/mol. The van der Waals surface area contributed by atoms with E-state index in [1.165, 1.54) is 6.92 Å². The van der Waals surface area contributed by atoms with E-state index in [9.17, 15) is 24.3 Å². The molecule has 0 spiro atoms. The molecule has 2 aliphatic rings. The average molecular weight is 530 g/mol. The van der Waals surface area contributed by atoms with Crippen molar-refractivity contribution in [2.24, 2.45) is 5.92 Å². The van der Waals surface area contributed by atoms with Crippen molar-refractivity contribution in [1.29, 1.82) is 0 Å². The maximum absolute atomic E-state index is 13.6. The van der Waals surface area contributed by atoms with Gasteiger partial charge in [0.15, 0.2) is 0 Å². The lowest BCUT2D eigenvalue weighted by Gasteiger charge is -2.38. The molecule has 4 atom stereocenters. The molecule has 0 unspecified atom stereocenters. The highest BCUT2D eigenvalue weighted by Crippen LogP contribution is 2.43. The molecule has 2 heterocycles. The normalized spacial score (nSPS) is 22.8. The predicted octanol–water partition coefficient (Wildman–Crippen LogP) is 1.69. The van der Waals surface area contributed by atoms with Crippen LogP contribution in [0, 0.1) is 5.92 Å². The lowest BCUT2D eigenvalue weighted by Crippen LogP contribution is -2.61. The van der Waals surface area contributed by atoms with Crippen molar-refractivity contribution in [3.8, 4) is 5.75 Å². The van der Waals surface area contributed by atoms with Crippen LogP contribution in [-0.2, 0) is 19.2 Å². The van der Waals surface area contributed by atoms with Gasteiger partial charge in [0.1, 0.15) is 17.8 Å². The zero-order valence-corrected chi connectivity index (χ0v) is 22.9. The summed E-state index contributed by atoms with van der Waals surface area (Å²) in [5.41, 5.74) is 0.724. The van der Waals surface area contributed by atoms with Crippen molar-refractivity contribution in [2.45, 2.75) is 76.4 Å². The van der Waals surface area contributed by atoms with Gasteiger partial charge in [-0.05, 0) is 76.9 Å². The second-order valence-corrected chi connectivity index (χ2v) is 10.7. The van der Waals surface area contributed by atoms with Crippen LogP contribution in [0.1, 0.15) is 69.9 Å². The Morgan fingerprint density at radius 2 is 1.66 bits per heavy atom. The van der Waals surface area contributed by atoms with Crippen molar-refractivity contribution in [2.75, 3.05) is 33.7 Å². The summed E-state index contributed by atoms with van der Waals surface area (Å²) in [6.45, 7) is 3.58. The third kappa shape index (κ3) is 7.93. The summed E-state index contributed by atoms with van der Waals surface area (Å²) in [7, 11) is 4.11. The fourth-order valence-electron chi connectivity index (χ4n) is 5.40. The van der Waals surface area contributed by atoms with E-state index in [1.54, 1.807) is 29.2 Å². The van der Waals surface area contributed by atoms with E-state index in [0.29, 0.717) is 32.4 Å². The number of benzene rings is 1. The topological polar surface area (TPSA) is 131 Å². The molecule has 4 N–H and O–H groups in total. The average Bonchev–Trinajstić information content (AvgIpc) is 3.28. The molecule has 38 heavy (non-hydrogen) atoms. The molecule has 3 rings (SSSR count). The summed E-state index contributed by atoms with van der Waals surface area (Å²) >= 11 is 0. The summed E-state index contributed by atoms with van der Waals surface area (Å²) in [6.07, 6.45) is 6.21. The standard InChI is InChI=1S/C28H43N5O5/c1-19(34)29-15-8-6-10-23-28(38)33-24(27(37)31-23)18-22(25(33)20-11-13-21(35)14-12-20)26(36)30-16-7-4-5-9-17-32(2)3/h11-14,22-25,35H,4-10,15-18H2,1-3H3,(H,29,34)(H,30,36)(H,31,37)/t22-,23+,24-,25-/m1/s1. The van der Waals surface area contributed by atoms with E-state index >= 15 is 0 Å². The fourth-order valence-corrected chi connectivity index (χ4v) is 5.40. The maximum atomic E-state index is 13.6. The summed E-state index contributed by atoms with van der Waals surface area (Å²) in [6, 6.07) is 4.56. The number of carbonyl (C=O) groups excluding carboxylic acids is 4. The highest BCUT2D eigenvalue weighted by molar-refractivity contribution is 5.99. The van der Waals surface area contributed by atoms with Crippen LogP contribution in [-0.4, -0.2) is 84.3 Å². The lowest BCUT2D eigenvalue weighted by molar-refractivity contribution is -0.149. The molecule has 0 aromatic heterocycles. The molecule has 4 amide bonds. The molecule has 1 aromatic rings. The van der Waals surface area contributed by atoms with Gasteiger partial charge in [0.25, 0.3) is 0 Å². The Balaban J connectivity index is 1.66. The van der Waals surface area contributed by atoms with E-state index in [2.05, 4.69) is 34.9 Å². The third-order valence-corrected chi connectivity index (χ3v) is 7.36. The molecule has 2 aliphatic heterocycles. The van der Waals surface area contributed by atoms with E-state index in [0.717, 1.165) is 37.8 Å². The predicted molar refractivity (Wildman–Crippen MR) is 144 cm³/mol. The zero-order valence-electron chi connectivity index (χ0n) is 22.9. The van der Waals surface area contributed by atoms with Crippen molar-refractivity contribution in [3.63, 3.8) is 0 Å². The van der Waals surface area contributed by atoms with Gasteiger partial charge in [-0.3, -0.25) is 19.2 Å². The number of nitrogens with zero attached hydrogens (tertiary/aromatic N) is 2. The second-order valence-electron chi connectivity index (χ2n) is 10.7. The monoisotopic (exact) mass is 529 g/mol. The first kappa shape index (κ1) is 29.4. The summed E-state index contributed by atoms with van der Waals surface area (Å²) < 4.78 is 0. The van der Waals surface area contributed by atoms with Gasteiger partial charge in [0.2, 0.25) is 23.6 Å². The molecule has 0 aliphatic carbocycles. The van der Waals surface area contributed by atoms with Crippen LogP contribution in [0.4, 0.5) is 0 Å². The van der Waals surface area contributed by atoms with Crippen LogP contribution in [0.25, 0.3) is 0 Å². The van der Waals surface area contributed by atoms with Crippen LogP contribution in [0.15, 0.2) is 24.3 Å². The minimum atomic E-state index is -0.710. The van der Waals surface area contributed by atoms with E-state index in [1.807, 2.05) is 0 Å². The zero-order chi connectivity index (χ0) is 27.7. The molecule has 210 valence electrons. The van der Waals surface area contributed by atoms with Crippen LogP contribution < -0.4 is 16.0 Å². The Hall–Kier alpha value is -3.14. The Labute approximate surface area is 225 Å². The molecule has 10 heteroatoms. The first-order valence-electron chi connectivity index (χ1n) is 13.8. The van der Waals surface area contributed by atoms with Crippen molar-refractivity contribution in [1.82, 2.24) is 25.8 Å². The minimum Gasteiger partial charge on any atom is -0.508 e. The number of piperazine rings is 1. The Kier molecular flexibility index (Phi) is 10.9. The second kappa shape index (κ2) is 14.1. The Bertz CT molecular complexity index is 967. The van der Waals surface area contributed by atoms with E-state index in [4.69, 9.17) is 0 Å². The van der Waals surface area contributed by atoms with Gasteiger partial charge in [-0.1, -0.05) is 25.0 Å². The summed E-state index contributed by atoms with van der Waals surface area (Å²) in [4.78, 5) is 54.9. The van der Waals surface area contributed by atoms with Gasteiger partial charge in [0.05, 0.1) is 12.0 Å². The molecule has 0 radical (unpaired) electrons. The first-order chi connectivity index (χ1) is 18.2. The van der Waals surface area contributed by atoms with Crippen LogP contribution in [0.2, 0.25) is 0 Å². The maximum Gasteiger partial charge on any atom is 0.246 e. The number of hydrogen-bond donors (Lipinski definition) is 4. The number of rotatable bonds is 14. The highest BCUT2D eigenvalue weighted by atomic mass is 16.3. The van der Waals surface area contributed by atoms with Gasteiger partial charge in [0, 0.05) is 20.0 Å². The van der Waals surface area contributed by atoms with Gasteiger partial charge in [-0.15, -0.1) is 0 Å². The third-order valence-electron chi connectivity index (χ3n) is 7.36. The molecule has 0 saturated carbocycles. The molecule has 1 aromatic carbocycles. The lowest BCUT2D eigenvalue weighted by atomic mass is 9.92. The van der Waals surface area contributed by atoms with Crippen LogP contribution in [0.3, 0.4) is 0 Å². The number of aromatic hydroxyl groups is 1. The summed E-state index contributed by atoms with van der Waals surface area (Å²) in [5, 5.41) is 18.4. The first-order valence-corrected chi connectivity index (χ1v) is 13.8. The molecule has 0 bridgehead atoms.